The van der Waals surface area contributed by atoms with Crippen LogP contribution in [0.2, 0.25) is 5.02 Å². The summed E-state index contributed by atoms with van der Waals surface area (Å²) >= 11 is 6.13. The first-order chi connectivity index (χ1) is 12.8. The van der Waals surface area contributed by atoms with Crippen molar-refractivity contribution in [2.24, 2.45) is 0 Å². The van der Waals surface area contributed by atoms with Gasteiger partial charge in [0.15, 0.2) is 0 Å². The van der Waals surface area contributed by atoms with Crippen LogP contribution >= 0.6 is 11.6 Å². The SMILES string of the molecule is Clc1cccc(-c2ccc3cnc(Nc4ccc5[nH]ccc5c4)nn23)c1. The van der Waals surface area contributed by atoms with E-state index < -0.39 is 0 Å². The standard InChI is InChI=1S/C20H14ClN5/c21-15-3-1-2-14(10-15)19-7-5-17-12-23-20(25-26(17)19)24-16-4-6-18-13(11-16)8-9-22-18/h1-12,22H,(H,24,25). The Kier molecular flexibility index (Phi) is 3.40. The Morgan fingerprint density at radius 3 is 2.88 bits per heavy atom. The van der Waals surface area contributed by atoms with E-state index >= 15 is 0 Å². The maximum Gasteiger partial charge on any atom is 0.245 e. The third-order valence-corrected chi connectivity index (χ3v) is 4.56. The Labute approximate surface area is 154 Å². The fourth-order valence-corrected chi connectivity index (χ4v) is 3.28. The molecule has 0 spiro atoms. The first kappa shape index (κ1) is 15.0. The molecular weight excluding hydrogens is 346 g/mol. The number of nitrogens with zero attached hydrogens (tertiary/aromatic N) is 3. The molecule has 0 amide bonds. The lowest BCUT2D eigenvalue weighted by Crippen LogP contribution is -2.02. The molecule has 0 atom stereocenters. The van der Waals surface area contributed by atoms with E-state index in [-0.39, 0.29) is 0 Å². The van der Waals surface area contributed by atoms with E-state index in [1.165, 1.54) is 0 Å². The van der Waals surface area contributed by atoms with Crippen LogP contribution in [-0.2, 0) is 0 Å². The van der Waals surface area contributed by atoms with Crippen molar-refractivity contribution in [3.8, 4) is 11.3 Å². The van der Waals surface area contributed by atoms with Crippen LogP contribution in [0.3, 0.4) is 0 Å². The highest BCUT2D eigenvalue weighted by Gasteiger charge is 2.08. The maximum atomic E-state index is 6.13. The molecule has 0 unspecified atom stereocenters. The summed E-state index contributed by atoms with van der Waals surface area (Å²) in [6.07, 6.45) is 3.73. The summed E-state index contributed by atoms with van der Waals surface area (Å²) in [4.78, 5) is 7.61. The molecule has 0 fully saturated rings. The highest BCUT2D eigenvalue weighted by atomic mass is 35.5. The van der Waals surface area contributed by atoms with Crippen molar-refractivity contribution in [2.75, 3.05) is 5.32 Å². The second-order valence-electron chi connectivity index (χ2n) is 6.05. The van der Waals surface area contributed by atoms with Crippen LogP contribution in [0.25, 0.3) is 27.7 Å². The predicted molar refractivity (Wildman–Crippen MR) is 105 cm³/mol. The normalized spacial score (nSPS) is 11.3. The molecule has 6 heteroatoms. The number of hydrogen-bond acceptors (Lipinski definition) is 3. The quantitative estimate of drug-likeness (QED) is 0.461. The molecule has 0 aliphatic carbocycles. The van der Waals surface area contributed by atoms with Gasteiger partial charge in [0.1, 0.15) is 0 Å². The van der Waals surface area contributed by atoms with Crippen molar-refractivity contribution in [1.82, 2.24) is 19.6 Å². The number of aromatic nitrogens is 4. The van der Waals surface area contributed by atoms with E-state index in [2.05, 4.69) is 26.4 Å². The van der Waals surface area contributed by atoms with Gasteiger partial charge in [-0.1, -0.05) is 23.7 Å². The zero-order valence-corrected chi connectivity index (χ0v) is 14.4. The molecule has 0 saturated carbocycles. The Morgan fingerprint density at radius 2 is 1.96 bits per heavy atom. The van der Waals surface area contributed by atoms with Crippen molar-refractivity contribution >= 4 is 39.7 Å². The fraction of sp³-hybridized carbons (Fsp3) is 0. The zero-order valence-electron chi connectivity index (χ0n) is 13.6. The highest BCUT2D eigenvalue weighted by molar-refractivity contribution is 6.30. The minimum atomic E-state index is 0.534. The lowest BCUT2D eigenvalue weighted by molar-refractivity contribution is 0.919. The third kappa shape index (κ3) is 2.59. The van der Waals surface area contributed by atoms with Crippen molar-refractivity contribution in [1.29, 1.82) is 0 Å². The largest absolute Gasteiger partial charge is 0.361 e. The maximum absolute atomic E-state index is 6.13. The van der Waals surface area contributed by atoms with Crippen molar-refractivity contribution < 1.29 is 0 Å². The summed E-state index contributed by atoms with van der Waals surface area (Å²) < 4.78 is 1.87. The van der Waals surface area contributed by atoms with Gasteiger partial charge in [0.05, 0.1) is 17.4 Å². The van der Waals surface area contributed by atoms with E-state index in [1.807, 2.05) is 65.3 Å². The van der Waals surface area contributed by atoms with Crippen molar-refractivity contribution in [3.63, 3.8) is 0 Å². The van der Waals surface area contributed by atoms with E-state index in [1.54, 1.807) is 6.20 Å². The number of nitrogens with one attached hydrogen (secondary N) is 2. The van der Waals surface area contributed by atoms with Gasteiger partial charge in [0.2, 0.25) is 5.95 Å². The molecule has 2 N–H and O–H groups in total. The molecule has 5 rings (SSSR count). The van der Waals surface area contributed by atoms with Crippen LogP contribution < -0.4 is 5.32 Å². The summed E-state index contributed by atoms with van der Waals surface area (Å²) in [5, 5.41) is 9.76. The molecule has 5 aromatic rings. The zero-order chi connectivity index (χ0) is 17.5. The molecule has 126 valence electrons. The smallest absolute Gasteiger partial charge is 0.245 e. The predicted octanol–water partition coefficient (Wildman–Crippen LogP) is 5.27. The number of benzene rings is 2. The number of rotatable bonds is 3. The van der Waals surface area contributed by atoms with Crippen LogP contribution in [-0.4, -0.2) is 19.6 Å². The molecule has 2 aromatic carbocycles. The van der Waals surface area contributed by atoms with Crippen LogP contribution in [0.15, 0.2) is 73.1 Å². The lowest BCUT2D eigenvalue weighted by atomic mass is 10.2. The van der Waals surface area contributed by atoms with Gasteiger partial charge >= 0.3 is 0 Å². The first-order valence-corrected chi connectivity index (χ1v) is 8.59. The molecule has 3 aromatic heterocycles. The summed E-state index contributed by atoms with van der Waals surface area (Å²) in [6.45, 7) is 0. The lowest BCUT2D eigenvalue weighted by Gasteiger charge is -2.07. The number of anilines is 2. The topological polar surface area (TPSA) is 58.0 Å². The summed E-state index contributed by atoms with van der Waals surface area (Å²) in [5.41, 5.74) is 4.94. The minimum absolute atomic E-state index is 0.534. The number of aromatic amines is 1. The van der Waals surface area contributed by atoms with Crippen LogP contribution in [0.5, 0.6) is 0 Å². The number of H-pyrrole nitrogens is 1. The van der Waals surface area contributed by atoms with Gasteiger partial charge in [-0.15, -0.1) is 5.10 Å². The molecule has 0 aliphatic rings. The summed E-state index contributed by atoms with van der Waals surface area (Å²) in [5.74, 6) is 0.534. The van der Waals surface area contributed by atoms with E-state index in [0.717, 1.165) is 33.4 Å². The van der Waals surface area contributed by atoms with Gasteiger partial charge < -0.3 is 10.3 Å². The highest BCUT2D eigenvalue weighted by Crippen LogP contribution is 2.25. The van der Waals surface area contributed by atoms with Gasteiger partial charge in [-0.25, -0.2) is 9.50 Å². The van der Waals surface area contributed by atoms with E-state index in [4.69, 9.17) is 11.6 Å². The van der Waals surface area contributed by atoms with Gasteiger partial charge in [-0.2, -0.15) is 0 Å². The molecule has 0 saturated heterocycles. The number of hydrogen-bond donors (Lipinski definition) is 2. The molecule has 26 heavy (non-hydrogen) atoms. The minimum Gasteiger partial charge on any atom is -0.361 e. The van der Waals surface area contributed by atoms with Crippen molar-refractivity contribution in [2.45, 2.75) is 0 Å². The van der Waals surface area contributed by atoms with Gasteiger partial charge in [0, 0.05) is 33.4 Å². The van der Waals surface area contributed by atoms with Gasteiger partial charge in [-0.3, -0.25) is 0 Å². The average Bonchev–Trinajstić information content (AvgIpc) is 3.27. The van der Waals surface area contributed by atoms with Crippen molar-refractivity contribution in [3.05, 3.63) is 78.1 Å². The summed E-state index contributed by atoms with van der Waals surface area (Å²) in [6, 6.07) is 19.9. The Morgan fingerprint density at radius 1 is 1.00 bits per heavy atom. The van der Waals surface area contributed by atoms with Crippen LogP contribution in [0.4, 0.5) is 11.6 Å². The van der Waals surface area contributed by atoms with E-state index in [0.29, 0.717) is 11.0 Å². The molecule has 0 bridgehead atoms. The molecule has 0 radical (unpaired) electrons. The number of fused-ring (bicyclic) bond motifs is 2. The second-order valence-corrected chi connectivity index (χ2v) is 6.49. The molecule has 0 aliphatic heterocycles. The Balaban J connectivity index is 1.55. The fourth-order valence-electron chi connectivity index (χ4n) is 3.09. The first-order valence-electron chi connectivity index (χ1n) is 8.21. The summed E-state index contributed by atoms with van der Waals surface area (Å²) in [7, 11) is 0. The molecular formula is C20H14ClN5. The Bertz CT molecular complexity index is 1240. The molecule has 3 heterocycles. The monoisotopic (exact) mass is 359 g/mol. The third-order valence-electron chi connectivity index (χ3n) is 4.33. The van der Waals surface area contributed by atoms with Gasteiger partial charge in [-0.05, 0) is 48.5 Å². The average molecular weight is 360 g/mol. The molecule has 5 nitrogen and oxygen atoms in total. The number of halogens is 1. The van der Waals surface area contributed by atoms with Crippen LogP contribution in [0.1, 0.15) is 0 Å². The second kappa shape index (κ2) is 5.89. The van der Waals surface area contributed by atoms with E-state index in [9.17, 15) is 0 Å². The Hall–Kier alpha value is -3.31. The van der Waals surface area contributed by atoms with Crippen LogP contribution in [0, 0.1) is 0 Å². The van der Waals surface area contributed by atoms with Gasteiger partial charge in [0.25, 0.3) is 0 Å².